The van der Waals surface area contributed by atoms with Crippen molar-refractivity contribution in [3.05, 3.63) is 74.7 Å². The molecule has 144 valence electrons. The van der Waals surface area contributed by atoms with Gasteiger partial charge >= 0.3 is 5.97 Å². The summed E-state index contributed by atoms with van der Waals surface area (Å²) >= 11 is 6.88. The van der Waals surface area contributed by atoms with Crippen molar-refractivity contribution in [1.82, 2.24) is 5.32 Å². The van der Waals surface area contributed by atoms with Gasteiger partial charge in [-0.05, 0) is 63.6 Å². The van der Waals surface area contributed by atoms with Crippen molar-refractivity contribution in [2.75, 3.05) is 13.1 Å². The lowest BCUT2D eigenvalue weighted by Crippen LogP contribution is -2.43. The Morgan fingerprint density at radius 1 is 1.04 bits per heavy atom. The molecular formula is C22H19Br2NO3. The predicted octanol–water partition coefficient (Wildman–Crippen LogP) is 5.51. The van der Waals surface area contributed by atoms with Crippen LogP contribution in [0.25, 0.3) is 10.8 Å². The maximum atomic E-state index is 13.2. The van der Waals surface area contributed by atoms with Gasteiger partial charge in [-0.15, -0.1) is 0 Å². The van der Waals surface area contributed by atoms with Gasteiger partial charge in [-0.1, -0.05) is 52.3 Å². The lowest BCUT2D eigenvalue weighted by molar-refractivity contribution is -0.0380. The molecule has 0 spiro atoms. The van der Waals surface area contributed by atoms with Gasteiger partial charge in [0.25, 0.3) is 0 Å². The Labute approximate surface area is 180 Å². The number of ether oxygens (including phenoxy) is 1. The predicted molar refractivity (Wildman–Crippen MR) is 117 cm³/mol. The summed E-state index contributed by atoms with van der Waals surface area (Å²) in [7, 11) is 0. The minimum Gasteiger partial charge on any atom is -0.506 e. The number of phenols is 1. The van der Waals surface area contributed by atoms with Gasteiger partial charge in [-0.3, -0.25) is 0 Å². The highest BCUT2D eigenvalue weighted by Gasteiger charge is 2.38. The van der Waals surface area contributed by atoms with Gasteiger partial charge in [0, 0.05) is 17.3 Å². The van der Waals surface area contributed by atoms with Gasteiger partial charge in [0.1, 0.15) is 16.9 Å². The van der Waals surface area contributed by atoms with E-state index in [0.717, 1.165) is 33.9 Å². The molecule has 2 N–H and O–H groups in total. The van der Waals surface area contributed by atoms with Crippen LogP contribution >= 0.6 is 31.9 Å². The lowest BCUT2D eigenvalue weighted by atomic mass is 9.84. The summed E-state index contributed by atoms with van der Waals surface area (Å²) < 4.78 is 7.48. The Hall–Kier alpha value is -1.89. The number of esters is 1. The van der Waals surface area contributed by atoms with E-state index < -0.39 is 11.6 Å². The van der Waals surface area contributed by atoms with Crippen LogP contribution < -0.4 is 5.32 Å². The van der Waals surface area contributed by atoms with Gasteiger partial charge in [0.15, 0.2) is 0 Å². The minimum absolute atomic E-state index is 0.100. The number of hydrogen-bond acceptors (Lipinski definition) is 4. The molecule has 28 heavy (non-hydrogen) atoms. The van der Waals surface area contributed by atoms with Gasteiger partial charge in [-0.2, -0.15) is 0 Å². The zero-order chi connectivity index (χ0) is 19.7. The van der Waals surface area contributed by atoms with E-state index in [1.807, 2.05) is 48.5 Å². The van der Waals surface area contributed by atoms with Crippen LogP contribution in [0.3, 0.4) is 0 Å². The molecule has 1 saturated heterocycles. The highest BCUT2D eigenvalue weighted by molar-refractivity contribution is 9.11. The van der Waals surface area contributed by atoms with Crippen molar-refractivity contribution in [1.29, 1.82) is 0 Å². The number of halogens is 2. The zero-order valence-corrected chi connectivity index (χ0v) is 18.2. The SMILES string of the molecule is O=C(OC1(c2ccccc2)CCNCC1)c1cc2cc(Br)ccc2c(Br)c1O. The number of benzene rings is 3. The monoisotopic (exact) mass is 503 g/mol. The second-order valence-electron chi connectivity index (χ2n) is 6.95. The molecule has 0 bridgehead atoms. The first-order valence-corrected chi connectivity index (χ1v) is 10.7. The van der Waals surface area contributed by atoms with Gasteiger partial charge in [0.05, 0.1) is 4.47 Å². The molecule has 4 nitrogen and oxygen atoms in total. The number of phenolic OH excluding ortho intramolecular Hbond substituents is 1. The number of piperidine rings is 1. The third kappa shape index (κ3) is 3.56. The van der Waals surface area contributed by atoms with Crippen molar-refractivity contribution in [2.45, 2.75) is 18.4 Å². The maximum absolute atomic E-state index is 13.2. The second-order valence-corrected chi connectivity index (χ2v) is 8.66. The van der Waals surface area contributed by atoms with E-state index in [1.54, 1.807) is 6.07 Å². The van der Waals surface area contributed by atoms with Crippen molar-refractivity contribution in [3.63, 3.8) is 0 Å². The number of fused-ring (bicyclic) bond motifs is 1. The standard InChI is InChI=1S/C22H19Br2NO3/c23-16-6-7-17-14(12-16)13-18(20(26)19(17)24)21(27)28-22(8-10-25-11-9-22)15-4-2-1-3-5-15/h1-7,12-13,25-26H,8-11H2. The van der Waals surface area contributed by atoms with Crippen molar-refractivity contribution in [3.8, 4) is 5.75 Å². The summed E-state index contributed by atoms with van der Waals surface area (Å²) in [6.45, 7) is 1.53. The molecule has 0 unspecified atom stereocenters. The molecule has 0 radical (unpaired) electrons. The van der Waals surface area contributed by atoms with Gasteiger partial charge < -0.3 is 15.2 Å². The van der Waals surface area contributed by atoms with Gasteiger partial charge in [-0.25, -0.2) is 4.79 Å². The molecule has 0 aromatic heterocycles. The number of nitrogens with one attached hydrogen (secondary N) is 1. The molecule has 6 heteroatoms. The van der Waals surface area contributed by atoms with E-state index in [0.29, 0.717) is 17.3 Å². The summed E-state index contributed by atoms with van der Waals surface area (Å²) in [6.07, 6.45) is 1.37. The van der Waals surface area contributed by atoms with Crippen LogP contribution in [-0.2, 0) is 10.3 Å². The van der Waals surface area contributed by atoms with Crippen molar-refractivity contribution in [2.24, 2.45) is 0 Å². The molecule has 4 rings (SSSR count). The van der Waals surface area contributed by atoms with Crippen LogP contribution in [0.1, 0.15) is 28.8 Å². The summed E-state index contributed by atoms with van der Waals surface area (Å²) in [4.78, 5) is 13.2. The first-order chi connectivity index (χ1) is 13.5. The highest BCUT2D eigenvalue weighted by atomic mass is 79.9. The largest absolute Gasteiger partial charge is 0.506 e. The highest BCUT2D eigenvalue weighted by Crippen LogP contribution is 2.40. The average Bonchev–Trinajstić information content (AvgIpc) is 2.72. The Morgan fingerprint density at radius 2 is 1.75 bits per heavy atom. The number of aromatic hydroxyl groups is 1. The van der Waals surface area contributed by atoms with E-state index in [9.17, 15) is 9.90 Å². The minimum atomic E-state index is -0.700. The van der Waals surface area contributed by atoms with E-state index in [-0.39, 0.29) is 11.3 Å². The maximum Gasteiger partial charge on any atom is 0.342 e. The fourth-order valence-electron chi connectivity index (χ4n) is 3.73. The molecule has 1 aliphatic rings. The van der Waals surface area contributed by atoms with E-state index in [1.165, 1.54) is 0 Å². The summed E-state index contributed by atoms with van der Waals surface area (Å²) in [5, 5.41) is 15.6. The fraction of sp³-hybridized carbons (Fsp3) is 0.227. The second kappa shape index (κ2) is 7.85. The number of carbonyl (C=O) groups is 1. The van der Waals surface area contributed by atoms with Crippen molar-refractivity contribution < 1.29 is 14.6 Å². The molecule has 0 amide bonds. The smallest absolute Gasteiger partial charge is 0.342 e. The lowest BCUT2D eigenvalue weighted by Gasteiger charge is -2.37. The number of carbonyl (C=O) groups excluding carboxylic acids is 1. The van der Waals surface area contributed by atoms with Crippen LogP contribution in [0.15, 0.2) is 63.5 Å². The molecule has 0 aliphatic carbocycles. The van der Waals surface area contributed by atoms with E-state index in [4.69, 9.17) is 4.74 Å². The van der Waals surface area contributed by atoms with Gasteiger partial charge in [0.2, 0.25) is 0 Å². The van der Waals surface area contributed by atoms with Crippen LogP contribution in [0, 0.1) is 0 Å². The first kappa shape index (κ1) is 19.4. The molecule has 1 fully saturated rings. The van der Waals surface area contributed by atoms with Crippen LogP contribution in [-0.4, -0.2) is 24.2 Å². The Morgan fingerprint density at radius 3 is 2.46 bits per heavy atom. The summed E-state index contributed by atoms with van der Waals surface area (Å²) in [6, 6.07) is 17.2. The summed E-state index contributed by atoms with van der Waals surface area (Å²) in [5.74, 6) is -0.622. The molecule has 0 saturated carbocycles. The topological polar surface area (TPSA) is 58.6 Å². The number of rotatable bonds is 3. The van der Waals surface area contributed by atoms with Crippen LogP contribution in [0.4, 0.5) is 0 Å². The molecule has 1 aliphatic heterocycles. The van der Waals surface area contributed by atoms with Crippen LogP contribution in [0.2, 0.25) is 0 Å². The zero-order valence-electron chi connectivity index (χ0n) is 15.0. The van der Waals surface area contributed by atoms with E-state index in [2.05, 4.69) is 37.2 Å². The third-order valence-electron chi connectivity index (χ3n) is 5.23. The van der Waals surface area contributed by atoms with Crippen LogP contribution in [0.5, 0.6) is 5.75 Å². The molecular weight excluding hydrogens is 486 g/mol. The van der Waals surface area contributed by atoms with E-state index >= 15 is 0 Å². The number of hydrogen-bond donors (Lipinski definition) is 2. The molecule has 0 atom stereocenters. The molecule has 3 aromatic rings. The first-order valence-electron chi connectivity index (χ1n) is 9.10. The molecule has 1 heterocycles. The Balaban J connectivity index is 1.75. The average molecular weight is 505 g/mol. The molecule has 3 aromatic carbocycles. The quantitative estimate of drug-likeness (QED) is 0.462. The van der Waals surface area contributed by atoms with Crippen molar-refractivity contribution >= 4 is 48.6 Å². The summed E-state index contributed by atoms with van der Waals surface area (Å²) in [5.41, 5.74) is 0.438. The third-order valence-corrected chi connectivity index (χ3v) is 6.53. The normalized spacial score (nSPS) is 16.1. The Kier molecular flexibility index (Phi) is 5.45. The fourth-order valence-corrected chi connectivity index (χ4v) is 4.69. The Bertz CT molecular complexity index is 1030.